The number of hydrogen-bond donors (Lipinski definition) is 0. The average molecular weight is 356 g/mol. The number of aryl methyl sites for hydroxylation is 1. The zero-order valence-corrected chi connectivity index (χ0v) is 14.3. The quantitative estimate of drug-likeness (QED) is 0.767. The highest BCUT2D eigenvalue weighted by molar-refractivity contribution is 6.65. The molecule has 1 aliphatic rings. The Morgan fingerprint density at radius 3 is 2.67 bits per heavy atom. The normalized spacial score (nSPS) is 17.6. The van der Waals surface area contributed by atoms with E-state index in [2.05, 4.69) is 10.1 Å². The van der Waals surface area contributed by atoms with E-state index in [1.165, 1.54) is 13.0 Å². The van der Waals surface area contributed by atoms with Crippen LogP contribution in [0, 0.1) is 19.8 Å². The van der Waals surface area contributed by atoms with Crippen LogP contribution in [0.15, 0.2) is 23.3 Å². The van der Waals surface area contributed by atoms with Crippen molar-refractivity contribution in [2.24, 2.45) is 11.0 Å². The molecule has 0 N–H and O–H groups in total. The molecule has 0 bridgehead atoms. The second-order valence-electron chi connectivity index (χ2n) is 6.16. The van der Waals surface area contributed by atoms with E-state index in [9.17, 15) is 13.2 Å². The lowest BCUT2D eigenvalue weighted by atomic mass is 9.98. The van der Waals surface area contributed by atoms with E-state index in [-0.39, 0.29) is 11.5 Å². The van der Waals surface area contributed by atoms with Crippen LogP contribution in [0.25, 0.3) is 0 Å². The maximum atomic E-state index is 13.1. The Kier molecular flexibility index (Phi) is 4.20. The van der Waals surface area contributed by atoms with Crippen LogP contribution in [0.1, 0.15) is 40.8 Å². The monoisotopic (exact) mass is 355 g/mol. The molecule has 0 saturated carbocycles. The molecular formula is C17H17ClF3N3. The summed E-state index contributed by atoms with van der Waals surface area (Å²) < 4.78 is 41.0. The first-order valence-electron chi connectivity index (χ1n) is 7.65. The van der Waals surface area contributed by atoms with Gasteiger partial charge in [0.25, 0.3) is 0 Å². The van der Waals surface area contributed by atoms with E-state index >= 15 is 0 Å². The minimum Gasteiger partial charge on any atom is -0.236 e. The molecule has 3 rings (SSSR count). The molecule has 0 saturated heterocycles. The molecule has 0 radical (unpaired) electrons. The number of fused-ring (bicyclic) bond motifs is 1. The molecule has 1 atom stereocenters. The predicted molar refractivity (Wildman–Crippen MR) is 87.5 cm³/mol. The van der Waals surface area contributed by atoms with Crippen LogP contribution in [0.3, 0.4) is 0 Å². The fourth-order valence-corrected chi connectivity index (χ4v) is 3.13. The summed E-state index contributed by atoms with van der Waals surface area (Å²) in [6.07, 6.45) is -3.36. The van der Waals surface area contributed by atoms with Gasteiger partial charge in [0.1, 0.15) is 11.0 Å². The van der Waals surface area contributed by atoms with Gasteiger partial charge in [0.15, 0.2) is 0 Å². The molecule has 1 aliphatic heterocycles. The zero-order valence-electron chi connectivity index (χ0n) is 13.6. The molecule has 1 aromatic carbocycles. The lowest BCUT2D eigenvalue weighted by molar-refractivity contribution is -0.138. The number of aromatic nitrogens is 2. The fraction of sp³-hybridized carbons (Fsp3) is 0.412. The van der Waals surface area contributed by atoms with E-state index in [1.54, 1.807) is 10.7 Å². The van der Waals surface area contributed by atoms with Crippen molar-refractivity contribution in [1.82, 2.24) is 9.66 Å². The van der Waals surface area contributed by atoms with Crippen molar-refractivity contribution in [2.75, 3.05) is 0 Å². The molecule has 0 fully saturated rings. The number of nitrogens with zero attached hydrogens (tertiary/aromatic N) is 3. The van der Waals surface area contributed by atoms with Crippen molar-refractivity contribution < 1.29 is 13.2 Å². The van der Waals surface area contributed by atoms with Crippen LogP contribution in [0.4, 0.5) is 13.2 Å². The van der Waals surface area contributed by atoms with Gasteiger partial charge >= 0.3 is 6.18 Å². The number of benzene rings is 1. The lowest BCUT2D eigenvalue weighted by Gasteiger charge is -2.18. The Morgan fingerprint density at radius 1 is 1.29 bits per heavy atom. The maximum Gasteiger partial charge on any atom is 0.416 e. The van der Waals surface area contributed by atoms with Gasteiger partial charge in [0.2, 0.25) is 0 Å². The summed E-state index contributed by atoms with van der Waals surface area (Å²) in [6.45, 7) is 5.31. The number of rotatable bonds is 2. The van der Waals surface area contributed by atoms with Crippen molar-refractivity contribution in [3.63, 3.8) is 0 Å². The smallest absolute Gasteiger partial charge is 0.236 e. The van der Waals surface area contributed by atoms with E-state index in [0.717, 1.165) is 23.3 Å². The van der Waals surface area contributed by atoms with Crippen LogP contribution < -0.4 is 0 Å². The van der Waals surface area contributed by atoms with Gasteiger partial charge in [-0.15, -0.1) is 0 Å². The zero-order chi connectivity index (χ0) is 17.6. The Bertz CT molecular complexity index is 821. The minimum atomic E-state index is -4.36. The molecule has 0 spiro atoms. The lowest BCUT2D eigenvalue weighted by Crippen LogP contribution is -2.19. The SMILES string of the molecule is Cc1nc2n(c1Cc1cccc(C(F)(F)F)c1C)N=C(Cl)C(C)C2. The van der Waals surface area contributed by atoms with Gasteiger partial charge in [-0.3, -0.25) is 0 Å². The molecule has 24 heavy (non-hydrogen) atoms. The fourth-order valence-electron chi connectivity index (χ4n) is 2.98. The van der Waals surface area contributed by atoms with Gasteiger partial charge in [0, 0.05) is 18.8 Å². The third-order valence-corrected chi connectivity index (χ3v) is 4.86. The van der Waals surface area contributed by atoms with E-state index < -0.39 is 11.7 Å². The average Bonchev–Trinajstić information content (AvgIpc) is 2.76. The van der Waals surface area contributed by atoms with Crippen LogP contribution in [0.5, 0.6) is 0 Å². The van der Waals surface area contributed by atoms with Crippen molar-refractivity contribution in [3.8, 4) is 0 Å². The Labute approximate surface area is 143 Å². The molecule has 1 unspecified atom stereocenters. The number of halogens is 4. The van der Waals surface area contributed by atoms with Gasteiger partial charge in [-0.1, -0.05) is 30.7 Å². The highest BCUT2D eigenvalue weighted by Crippen LogP contribution is 2.34. The van der Waals surface area contributed by atoms with E-state index in [1.807, 2.05) is 13.8 Å². The van der Waals surface area contributed by atoms with Crippen molar-refractivity contribution >= 4 is 16.8 Å². The number of imidazole rings is 1. The van der Waals surface area contributed by atoms with Crippen LogP contribution >= 0.6 is 11.6 Å². The second-order valence-corrected chi connectivity index (χ2v) is 6.55. The van der Waals surface area contributed by atoms with Crippen molar-refractivity contribution in [1.29, 1.82) is 0 Å². The highest BCUT2D eigenvalue weighted by atomic mass is 35.5. The number of alkyl halides is 3. The van der Waals surface area contributed by atoms with Crippen molar-refractivity contribution in [3.05, 3.63) is 52.1 Å². The first-order valence-corrected chi connectivity index (χ1v) is 8.03. The van der Waals surface area contributed by atoms with Crippen LogP contribution in [-0.4, -0.2) is 14.8 Å². The summed E-state index contributed by atoms with van der Waals surface area (Å²) in [5, 5.41) is 4.85. The van der Waals surface area contributed by atoms with Crippen molar-refractivity contribution in [2.45, 2.75) is 39.8 Å². The summed E-state index contributed by atoms with van der Waals surface area (Å²) in [5.41, 5.74) is 1.78. The van der Waals surface area contributed by atoms with Gasteiger partial charge in [0.05, 0.1) is 17.0 Å². The summed E-state index contributed by atoms with van der Waals surface area (Å²) in [6, 6.07) is 4.25. The second kappa shape index (κ2) is 5.92. The third kappa shape index (κ3) is 2.95. The molecular weight excluding hydrogens is 339 g/mol. The Hall–Kier alpha value is -1.82. The summed E-state index contributed by atoms with van der Waals surface area (Å²) in [7, 11) is 0. The largest absolute Gasteiger partial charge is 0.416 e. The van der Waals surface area contributed by atoms with Crippen LogP contribution in [-0.2, 0) is 19.0 Å². The Balaban J connectivity index is 2.04. The number of hydrogen-bond acceptors (Lipinski definition) is 2. The molecule has 128 valence electrons. The van der Waals surface area contributed by atoms with E-state index in [4.69, 9.17) is 11.6 Å². The van der Waals surface area contributed by atoms with Crippen LogP contribution in [0.2, 0.25) is 0 Å². The van der Waals surface area contributed by atoms with Gasteiger partial charge in [-0.05, 0) is 31.0 Å². The van der Waals surface area contributed by atoms with E-state index in [0.29, 0.717) is 23.6 Å². The summed E-state index contributed by atoms with van der Waals surface area (Å²) in [4.78, 5) is 4.51. The first kappa shape index (κ1) is 17.0. The predicted octanol–water partition coefficient (Wildman–Crippen LogP) is 4.70. The third-order valence-electron chi connectivity index (χ3n) is 4.41. The summed E-state index contributed by atoms with van der Waals surface area (Å²) in [5.74, 6) is 0.896. The summed E-state index contributed by atoms with van der Waals surface area (Å²) >= 11 is 6.15. The first-order chi connectivity index (χ1) is 11.2. The van der Waals surface area contributed by atoms with Gasteiger partial charge in [-0.2, -0.15) is 18.3 Å². The molecule has 3 nitrogen and oxygen atoms in total. The molecule has 2 heterocycles. The molecule has 2 aromatic rings. The Morgan fingerprint density at radius 2 is 2.00 bits per heavy atom. The maximum absolute atomic E-state index is 13.1. The molecule has 7 heteroatoms. The highest BCUT2D eigenvalue weighted by Gasteiger charge is 2.33. The van der Waals surface area contributed by atoms with Gasteiger partial charge in [-0.25, -0.2) is 9.66 Å². The topological polar surface area (TPSA) is 30.2 Å². The standard InChI is InChI=1S/C17H17ClF3N3/c1-9-7-15-22-11(3)14(24(15)23-16(9)18)8-12-5-4-6-13(10(12)2)17(19,20)21/h4-6,9H,7-8H2,1-3H3. The molecule has 0 amide bonds. The van der Waals surface area contributed by atoms with Gasteiger partial charge < -0.3 is 0 Å². The molecule has 0 aliphatic carbocycles. The molecule has 1 aromatic heterocycles. The minimum absolute atomic E-state index is 0.101.